The molecule has 18 heavy (non-hydrogen) atoms. The maximum absolute atomic E-state index is 11.5. The van der Waals surface area contributed by atoms with Gasteiger partial charge in [0.1, 0.15) is 5.78 Å². The van der Waals surface area contributed by atoms with E-state index in [1.54, 1.807) is 0 Å². The Morgan fingerprint density at radius 3 is 2.83 bits per heavy atom. The van der Waals surface area contributed by atoms with Crippen LogP contribution in [0.4, 0.5) is 0 Å². The predicted octanol–water partition coefficient (Wildman–Crippen LogP) is 3.53. The molecule has 2 rings (SSSR count). The van der Waals surface area contributed by atoms with Crippen molar-refractivity contribution in [3.63, 3.8) is 0 Å². The molecule has 1 aromatic rings. The Morgan fingerprint density at radius 1 is 1.44 bits per heavy atom. The number of hydrogen-bond donors (Lipinski definition) is 0. The molecule has 1 aromatic heterocycles. The number of Topliss-reactive ketones (excluding diaryl/α,β-unsaturated/α-hetero) is 1. The first-order chi connectivity index (χ1) is 8.65. The van der Waals surface area contributed by atoms with Gasteiger partial charge in [0.15, 0.2) is 0 Å². The molecular weight excluding hydrogens is 292 g/mol. The summed E-state index contributed by atoms with van der Waals surface area (Å²) in [5, 5.41) is 4.62. The first kappa shape index (κ1) is 13.8. The van der Waals surface area contributed by atoms with Crippen LogP contribution in [-0.4, -0.2) is 15.6 Å². The third-order valence-electron chi connectivity index (χ3n) is 3.76. The highest BCUT2D eigenvalue weighted by Crippen LogP contribution is 2.30. The molecule has 0 N–H and O–H groups in total. The molecule has 0 radical (unpaired) electrons. The zero-order chi connectivity index (χ0) is 13.1. The zero-order valence-electron chi connectivity index (χ0n) is 11.2. The molecule has 0 spiro atoms. The van der Waals surface area contributed by atoms with E-state index in [2.05, 4.69) is 39.6 Å². The molecular formula is C14H21BrN2O. The number of nitrogens with zero attached hydrogens (tertiary/aromatic N) is 2. The molecule has 4 heteroatoms. The molecule has 1 unspecified atom stereocenters. The summed E-state index contributed by atoms with van der Waals surface area (Å²) >= 11 is 3.68. The zero-order valence-corrected chi connectivity index (χ0v) is 12.8. The topological polar surface area (TPSA) is 34.9 Å². The van der Waals surface area contributed by atoms with Gasteiger partial charge in [-0.15, -0.1) is 0 Å². The monoisotopic (exact) mass is 312 g/mol. The quantitative estimate of drug-likeness (QED) is 0.852. The van der Waals surface area contributed by atoms with E-state index >= 15 is 0 Å². The van der Waals surface area contributed by atoms with Crippen LogP contribution in [0.3, 0.4) is 0 Å². The van der Waals surface area contributed by atoms with Gasteiger partial charge in [-0.3, -0.25) is 9.48 Å². The summed E-state index contributed by atoms with van der Waals surface area (Å²) in [5.41, 5.74) is 2.41. The van der Waals surface area contributed by atoms with E-state index in [1.807, 2.05) is 0 Å². The van der Waals surface area contributed by atoms with Crippen LogP contribution in [0.1, 0.15) is 50.9 Å². The smallest absolute Gasteiger partial charge is 0.133 e. The Bertz CT molecular complexity index is 439. The van der Waals surface area contributed by atoms with Crippen LogP contribution >= 0.6 is 15.9 Å². The van der Waals surface area contributed by atoms with Crippen LogP contribution in [0.15, 0.2) is 4.47 Å². The summed E-state index contributed by atoms with van der Waals surface area (Å²) in [6.07, 6.45) is 5.70. The van der Waals surface area contributed by atoms with Crippen molar-refractivity contribution in [3.8, 4) is 0 Å². The Morgan fingerprint density at radius 2 is 2.22 bits per heavy atom. The van der Waals surface area contributed by atoms with Gasteiger partial charge < -0.3 is 0 Å². The Hall–Kier alpha value is -0.640. The number of aryl methyl sites for hydroxylation is 2. The van der Waals surface area contributed by atoms with E-state index in [-0.39, 0.29) is 0 Å². The van der Waals surface area contributed by atoms with Gasteiger partial charge in [-0.2, -0.15) is 5.10 Å². The van der Waals surface area contributed by atoms with Crippen molar-refractivity contribution in [3.05, 3.63) is 15.9 Å². The molecule has 0 aliphatic heterocycles. The molecule has 0 aromatic carbocycles. The van der Waals surface area contributed by atoms with Gasteiger partial charge in [-0.25, -0.2) is 0 Å². The standard InChI is InChI=1S/C14H21BrN2O/c1-3-12-14(15)13(17(4-2)16-12)9-10-6-5-7-11(18)8-10/h10H,3-9H2,1-2H3. The van der Waals surface area contributed by atoms with Crippen LogP contribution in [0.5, 0.6) is 0 Å². The molecule has 1 saturated carbocycles. The second-order valence-corrected chi connectivity index (χ2v) is 5.87. The highest BCUT2D eigenvalue weighted by Gasteiger charge is 2.23. The average Bonchev–Trinajstić information content (AvgIpc) is 2.66. The fourth-order valence-electron chi connectivity index (χ4n) is 2.77. The van der Waals surface area contributed by atoms with Crippen LogP contribution in [0.25, 0.3) is 0 Å². The number of aromatic nitrogens is 2. The van der Waals surface area contributed by atoms with Gasteiger partial charge in [0.2, 0.25) is 0 Å². The highest BCUT2D eigenvalue weighted by molar-refractivity contribution is 9.10. The Balaban J connectivity index is 2.17. The van der Waals surface area contributed by atoms with Crippen molar-refractivity contribution in [1.82, 2.24) is 9.78 Å². The maximum atomic E-state index is 11.5. The first-order valence-electron chi connectivity index (χ1n) is 6.91. The average molecular weight is 313 g/mol. The van der Waals surface area contributed by atoms with Crippen LogP contribution in [-0.2, 0) is 24.2 Å². The van der Waals surface area contributed by atoms with Gasteiger partial charge in [0.25, 0.3) is 0 Å². The third kappa shape index (κ3) is 2.85. The van der Waals surface area contributed by atoms with E-state index in [1.165, 1.54) is 12.1 Å². The second-order valence-electron chi connectivity index (χ2n) is 5.08. The fraction of sp³-hybridized carbons (Fsp3) is 0.714. The van der Waals surface area contributed by atoms with Gasteiger partial charge in [0.05, 0.1) is 15.9 Å². The van der Waals surface area contributed by atoms with E-state index in [0.29, 0.717) is 11.7 Å². The molecule has 0 bridgehead atoms. The minimum absolute atomic E-state index is 0.431. The number of hydrogen-bond acceptors (Lipinski definition) is 2. The largest absolute Gasteiger partial charge is 0.300 e. The maximum Gasteiger partial charge on any atom is 0.133 e. The number of carbonyl (C=O) groups excluding carboxylic acids is 1. The summed E-state index contributed by atoms with van der Waals surface area (Å²) in [4.78, 5) is 11.5. The van der Waals surface area contributed by atoms with Crippen molar-refractivity contribution in [1.29, 1.82) is 0 Å². The minimum Gasteiger partial charge on any atom is -0.300 e. The lowest BCUT2D eigenvalue weighted by Crippen LogP contribution is -2.18. The Kier molecular flexibility index (Phi) is 4.60. The van der Waals surface area contributed by atoms with Crippen molar-refractivity contribution < 1.29 is 4.79 Å². The molecule has 1 fully saturated rings. The summed E-state index contributed by atoms with van der Waals surface area (Å²) in [6.45, 7) is 5.14. The molecule has 0 saturated heterocycles. The van der Waals surface area contributed by atoms with E-state index in [9.17, 15) is 4.79 Å². The molecule has 1 atom stereocenters. The Labute approximate surface area is 117 Å². The first-order valence-corrected chi connectivity index (χ1v) is 7.70. The lowest BCUT2D eigenvalue weighted by atomic mass is 9.85. The normalized spacial score (nSPS) is 20.4. The lowest BCUT2D eigenvalue weighted by Gasteiger charge is -2.21. The third-order valence-corrected chi connectivity index (χ3v) is 4.68. The van der Waals surface area contributed by atoms with Crippen molar-refractivity contribution in [2.45, 2.75) is 58.9 Å². The van der Waals surface area contributed by atoms with Crippen LogP contribution in [0.2, 0.25) is 0 Å². The summed E-state index contributed by atoms with van der Waals surface area (Å²) in [5.74, 6) is 0.940. The van der Waals surface area contributed by atoms with E-state index in [4.69, 9.17) is 0 Å². The van der Waals surface area contributed by atoms with E-state index < -0.39 is 0 Å². The summed E-state index contributed by atoms with van der Waals surface area (Å²) < 4.78 is 3.24. The number of carbonyl (C=O) groups is 1. The summed E-state index contributed by atoms with van der Waals surface area (Å²) in [6, 6.07) is 0. The second kappa shape index (κ2) is 6.00. The van der Waals surface area contributed by atoms with Crippen molar-refractivity contribution in [2.24, 2.45) is 5.92 Å². The molecule has 1 aliphatic rings. The minimum atomic E-state index is 0.431. The fourth-order valence-corrected chi connectivity index (χ4v) is 3.50. The number of halogens is 1. The molecule has 3 nitrogen and oxygen atoms in total. The van der Waals surface area contributed by atoms with E-state index in [0.717, 1.165) is 48.8 Å². The number of ketones is 1. The predicted molar refractivity (Wildman–Crippen MR) is 75.6 cm³/mol. The number of rotatable bonds is 4. The molecule has 1 aliphatic carbocycles. The molecule has 0 amide bonds. The van der Waals surface area contributed by atoms with Crippen molar-refractivity contribution >= 4 is 21.7 Å². The van der Waals surface area contributed by atoms with Crippen LogP contribution in [0, 0.1) is 5.92 Å². The van der Waals surface area contributed by atoms with Gasteiger partial charge in [-0.05, 0) is 54.5 Å². The molecule has 1 heterocycles. The van der Waals surface area contributed by atoms with Crippen molar-refractivity contribution in [2.75, 3.05) is 0 Å². The van der Waals surface area contributed by atoms with Gasteiger partial charge >= 0.3 is 0 Å². The SMILES string of the molecule is CCc1nn(CC)c(CC2CCCC(=O)C2)c1Br. The molecule has 100 valence electrons. The lowest BCUT2D eigenvalue weighted by molar-refractivity contribution is -0.121. The summed E-state index contributed by atoms with van der Waals surface area (Å²) in [7, 11) is 0. The van der Waals surface area contributed by atoms with Gasteiger partial charge in [0, 0.05) is 19.4 Å². The highest BCUT2D eigenvalue weighted by atomic mass is 79.9. The van der Waals surface area contributed by atoms with Crippen LogP contribution < -0.4 is 0 Å². The van der Waals surface area contributed by atoms with Gasteiger partial charge in [-0.1, -0.05) is 6.92 Å².